The fraction of sp³-hybridized carbons (Fsp3) is 0.429. The van der Waals surface area contributed by atoms with Crippen LogP contribution in [-0.2, 0) is 17.8 Å². The number of rotatable bonds is 6. The molecule has 0 spiro atoms. The smallest absolute Gasteiger partial charge is 0.341 e. The number of carbonyl (C=O) groups is 1. The largest absolute Gasteiger partial charge is 0.507 e. The number of benzene rings is 1. The van der Waals surface area contributed by atoms with Crippen LogP contribution in [0.2, 0.25) is 0 Å². The van der Waals surface area contributed by atoms with E-state index in [-0.39, 0.29) is 11.3 Å². The summed E-state index contributed by atoms with van der Waals surface area (Å²) in [5.41, 5.74) is 2.36. The van der Waals surface area contributed by atoms with Crippen molar-refractivity contribution in [1.29, 1.82) is 0 Å². The lowest BCUT2D eigenvalue weighted by atomic mass is 10.0. The van der Waals surface area contributed by atoms with Gasteiger partial charge in [-0.25, -0.2) is 4.79 Å². The number of carbonyl (C=O) groups excluding carboxylic acids is 1. The molecule has 2 aromatic rings. The van der Waals surface area contributed by atoms with Crippen LogP contribution < -0.4 is 0 Å². The van der Waals surface area contributed by atoms with E-state index in [1.807, 2.05) is 18.3 Å². The molecular formula is C21H27N3O3. The molecule has 6 nitrogen and oxygen atoms in total. The molecule has 1 aliphatic heterocycles. The van der Waals surface area contributed by atoms with Crippen LogP contribution in [0, 0.1) is 0 Å². The molecular weight excluding hydrogens is 342 g/mol. The Bertz CT molecular complexity index is 759. The number of hydrogen-bond donors (Lipinski definition) is 1. The molecule has 27 heavy (non-hydrogen) atoms. The highest BCUT2D eigenvalue weighted by atomic mass is 16.5. The number of phenolic OH excluding ortho intramolecular Hbond substituents is 1. The zero-order valence-corrected chi connectivity index (χ0v) is 16.0. The number of piperidine rings is 1. The minimum Gasteiger partial charge on any atom is -0.507 e. The summed E-state index contributed by atoms with van der Waals surface area (Å²) >= 11 is 0. The molecule has 0 saturated carbocycles. The Balaban J connectivity index is 1.81. The predicted molar refractivity (Wildman–Crippen MR) is 103 cm³/mol. The van der Waals surface area contributed by atoms with Gasteiger partial charge in [-0.05, 0) is 62.3 Å². The third-order valence-corrected chi connectivity index (χ3v) is 5.16. The van der Waals surface area contributed by atoms with E-state index in [2.05, 4.69) is 27.9 Å². The molecule has 1 fully saturated rings. The van der Waals surface area contributed by atoms with Crippen LogP contribution in [0.25, 0.3) is 0 Å². The maximum absolute atomic E-state index is 11.9. The molecule has 0 amide bonds. The summed E-state index contributed by atoms with van der Waals surface area (Å²) in [5, 5.41) is 9.96. The van der Waals surface area contributed by atoms with Crippen LogP contribution in [0.5, 0.6) is 5.75 Å². The van der Waals surface area contributed by atoms with Crippen molar-refractivity contribution in [2.45, 2.75) is 32.0 Å². The summed E-state index contributed by atoms with van der Waals surface area (Å²) in [4.78, 5) is 20.9. The molecule has 6 heteroatoms. The Kier molecular flexibility index (Phi) is 6.42. The Morgan fingerprint density at radius 3 is 2.67 bits per heavy atom. The van der Waals surface area contributed by atoms with Crippen molar-refractivity contribution in [3.05, 3.63) is 59.4 Å². The van der Waals surface area contributed by atoms with E-state index in [0.717, 1.165) is 38.0 Å². The molecule has 3 rings (SSSR count). The van der Waals surface area contributed by atoms with Crippen molar-refractivity contribution >= 4 is 5.97 Å². The average molecular weight is 369 g/mol. The third-order valence-electron chi connectivity index (χ3n) is 5.16. The zero-order chi connectivity index (χ0) is 19.2. The van der Waals surface area contributed by atoms with Crippen LogP contribution in [0.1, 0.15) is 34.3 Å². The highest BCUT2D eigenvalue weighted by Crippen LogP contribution is 2.24. The Morgan fingerprint density at radius 2 is 2.00 bits per heavy atom. The molecule has 0 radical (unpaired) electrons. The van der Waals surface area contributed by atoms with Gasteiger partial charge in [-0.2, -0.15) is 0 Å². The number of pyridine rings is 1. The summed E-state index contributed by atoms with van der Waals surface area (Å²) in [6.07, 6.45) is 5.90. The highest BCUT2D eigenvalue weighted by Gasteiger charge is 2.24. The molecule has 1 aliphatic rings. The van der Waals surface area contributed by atoms with Gasteiger partial charge in [0.25, 0.3) is 0 Å². The Morgan fingerprint density at radius 1 is 1.26 bits per heavy atom. The van der Waals surface area contributed by atoms with Gasteiger partial charge >= 0.3 is 5.97 Å². The Hall–Kier alpha value is -2.44. The minimum absolute atomic E-state index is 0.0521. The average Bonchev–Trinajstić information content (AvgIpc) is 2.69. The molecule has 1 saturated heterocycles. The summed E-state index contributed by atoms with van der Waals surface area (Å²) in [6.45, 7) is 3.67. The monoisotopic (exact) mass is 369 g/mol. The molecule has 144 valence electrons. The van der Waals surface area contributed by atoms with E-state index >= 15 is 0 Å². The lowest BCUT2D eigenvalue weighted by Crippen LogP contribution is -2.43. The molecule has 0 bridgehead atoms. The van der Waals surface area contributed by atoms with Crippen LogP contribution >= 0.6 is 0 Å². The zero-order valence-electron chi connectivity index (χ0n) is 16.0. The molecule has 0 atom stereocenters. The second-order valence-corrected chi connectivity index (χ2v) is 7.14. The van der Waals surface area contributed by atoms with Gasteiger partial charge in [0.05, 0.1) is 7.11 Å². The van der Waals surface area contributed by atoms with Gasteiger partial charge in [-0.15, -0.1) is 0 Å². The van der Waals surface area contributed by atoms with E-state index in [0.29, 0.717) is 12.6 Å². The summed E-state index contributed by atoms with van der Waals surface area (Å²) in [7, 11) is 3.48. The molecule has 2 heterocycles. The molecule has 0 unspecified atom stereocenters. The van der Waals surface area contributed by atoms with Gasteiger partial charge in [0.1, 0.15) is 11.3 Å². The fourth-order valence-electron chi connectivity index (χ4n) is 3.59. The number of aromatic nitrogens is 1. The number of ether oxygens (including phenoxy) is 1. The van der Waals surface area contributed by atoms with Gasteiger partial charge in [0.15, 0.2) is 0 Å². The summed E-state index contributed by atoms with van der Waals surface area (Å²) < 4.78 is 4.77. The first kappa shape index (κ1) is 19.3. The number of phenols is 1. The maximum atomic E-state index is 11.9. The molecule has 1 aromatic carbocycles. The highest BCUT2D eigenvalue weighted by molar-refractivity contribution is 5.92. The van der Waals surface area contributed by atoms with Crippen molar-refractivity contribution in [3.63, 3.8) is 0 Å². The van der Waals surface area contributed by atoms with Crippen molar-refractivity contribution < 1.29 is 14.6 Å². The van der Waals surface area contributed by atoms with Crippen molar-refractivity contribution in [3.8, 4) is 5.75 Å². The van der Waals surface area contributed by atoms with E-state index in [1.165, 1.54) is 12.7 Å². The van der Waals surface area contributed by atoms with Crippen LogP contribution in [0.4, 0.5) is 0 Å². The number of nitrogens with zero attached hydrogens (tertiary/aromatic N) is 3. The Labute approximate surface area is 160 Å². The first-order valence-electron chi connectivity index (χ1n) is 9.28. The van der Waals surface area contributed by atoms with E-state index in [9.17, 15) is 9.90 Å². The fourth-order valence-corrected chi connectivity index (χ4v) is 3.59. The summed E-state index contributed by atoms with van der Waals surface area (Å²) in [5.74, 6) is -0.573. The van der Waals surface area contributed by atoms with Gasteiger partial charge in [-0.3, -0.25) is 9.88 Å². The molecule has 0 aliphatic carbocycles. The van der Waals surface area contributed by atoms with Gasteiger partial charge < -0.3 is 14.7 Å². The number of likely N-dealkylation sites (tertiary alicyclic amines) is 1. The van der Waals surface area contributed by atoms with Crippen molar-refractivity contribution in [2.75, 3.05) is 27.2 Å². The van der Waals surface area contributed by atoms with E-state index < -0.39 is 5.97 Å². The van der Waals surface area contributed by atoms with E-state index in [4.69, 9.17) is 4.74 Å². The molecule has 1 aromatic heterocycles. The molecule has 1 N–H and O–H groups in total. The lowest BCUT2D eigenvalue weighted by Gasteiger charge is -2.37. The van der Waals surface area contributed by atoms with E-state index in [1.54, 1.807) is 18.3 Å². The van der Waals surface area contributed by atoms with Crippen molar-refractivity contribution in [2.24, 2.45) is 0 Å². The number of esters is 1. The van der Waals surface area contributed by atoms with Crippen LogP contribution in [0.15, 0.2) is 42.7 Å². The normalized spacial score (nSPS) is 15.8. The number of aromatic hydroxyl groups is 1. The van der Waals surface area contributed by atoms with Crippen LogP contribution in [-0.4, -0.2) is 59.1 Å². The topological polar surface area (TPSA) is 65.9 Å². The minimum atomic E-state index is -0.521. The second-order valence-electron chi connectivity index (χ2n) is 7.14. The van der Waals surface area contributed by atoms with Crippen molar-refractivity contribution in [1.82, 2.24) is 14.8 Å². The maximum Gasteiger partial charge on any atom is 0.341 e. The standard InChI is InChI=1S/C21H27N3O3/c1-23-10-7-18(8-11-23)24(15-17-4-3-9-22-13-17)14-16-5-6-20(25)19(12-16)21(26)27-2/h3-6,9,12-13,18,25H,7-8,10-11,14-15H2,1-2H3. The SMILES string of the molecule is COC(=O)c1cc(CN(Cc2cccnc2)C2CCN(C)CC2)ccc1O. The first-order chi connectivity index (χ1) is 13.1. The quantitative estimate of drug-likeness (QED) is 0.790. The van der Waals surface area contributed by atoms with Gasteiger partial charge in [0.2, 0.25) is 0 Å². The third kappa shape index (κ3) is 5.05. The predicted octanol–water partition coefficient (Wildman–Crippen LogP) is 2.67. The first-order valence-corrected chi connectivity index (χ1v) is 9.28. The van der Waals surface area contributed by atoms with Crippen LogP contribution in [0.3, 0.4) is 0 Å². The lowest BCUT2D eigenvalue weighted by molar-refractivity contribution is 0.0597. The number of methoxy groups -OCH3 is 1. The summed E-state index contributed by atoms with van der Waals surface area (Å²) in [6, 6.07) is 9.68. The second kappa shape index (κ2) is 8.97. The van der Waals surface area contributed by atoms with Gasteiger partial charge in [0, 0.05) is 31.5 Å². The number of hydrogen-bond acceptors (Lipinski definition) is 6. The van der Waals surface area contributed by atoms with Gasteiger partial charge in [-0.1, -0.05) is 12.1 Å².